The normalized spacial score (nSPS) is 10.5. The highest BCUT2D eigenvalue weighted by atomic mass is 16.2. The smallest absolute Gasteiger partial charge is 0.272 e. The first-order chi connectivity index (χ1) is 12.5. The van der Waals surface area contributed by atoms with Crippen LogP contribution >= 0.6 is 0 Å². The molecule has 132 valence electrons. The molecule has 7 heteroatoms. The lowest BCUT2D eigenvalue weighted by Crippen LogP contribution is -2.26. The molecular formula is C19H18N4O3. The number of carbonyl (C=O) groups excluding carboxylic acids is 2. The third-order valence-electron chi connectivity index (χ3n) is 3.97. The lowest BCUT2D eigenvalue weighted by atomic mass is 10.1. The molecule has 0 atom stereocenters. The number of fused-ring (bicyclic) bond motifs is 1. The zero-order valence-electron chi connectivity index (χ0n) is 14.4. The number of aromatic nitrogens is 2. The molecule has 0 unspecified atom stereocenters. The summed E-state index contributed by atoms with van der Waals surface area (Å²) in [6.07, 6.45) is 0. The van der Waals surface area contributed by atoms with Crippen LogP contribution in [0.2, 0.25) is 0 Å². The van der Waals surface area contributed by atoms with Crippen LogP contribution in [0.15, 0.2) is 53.3 Å². The quantitative estimate of drug-likeness (QED) is 0.746. The molecule has 1 heterocycles. The predicted octanol–water partition coefficient (Wildman–Crippen LogP) is 1.55. The zero-order chi connectivity index (χ0) is 18.7. The van der Waals surface area contributed by atoms with Gasteiger partial charge in [-0.05, 0) is 23.8 Å². The molecule has 26 heavy (non-hydrogen) atoms. The van der Waals surface area contributed by atoms with Crippen molar-refractivity contribution in [3.8, 4) is 0 Å². The molecule has 7 nitrogen and oxygen atoms in total. The van der Waals surface area contributed by atoms with Gasteiger partial charge in [-0.15, -0.1) is 0 Å². The van der Waals surface area contributed by atoms with E-state index in [2.05, 4.69) is 15.5 Å². The average molecular weight is 350 g/mol. The van der Waals surface area contributed by atoms with Gasteiger partial charge in [0.25, 0.3) is 17.4 Å². The van der Waals surface area contributed by atoms with Crippen LogP contribution in [0.25, 0.3) is 10.8 Å². The fourth-order valence-corrected chi connectivity index (χ4v) is 2.58. The van der Waals surface area contributed by atoms with Crippen molar-refractivity contribution >= 4 is 22.6 Å². The van der Waals surface area contributed by atoms with Crippen LogP contribution in [0.3, 0.4) is 0 Å². The first-order valence-corrected chi connectivity index (χ1v) is 8.03. The number of nitrogens with one attached hydrogen (secondary N) is 2. The SMILES string of the molecule is CN(C)C(=O)c1ccc(CNC(=O)c2n[nH]c(=O)c3ccccc23)cc1. The van der Waals surface area contributed by atoms with Crippen molar-refractivity contribution in [2.75, 3.05) is 14.1 Å². The van der Waals surface area contributed by atoms with E-state index in [-0.39, 0.29) is 29.6 Å². The summed E-state index contributed by atoms with van der Waals surface area (Å²) in [7, 11) is 3.38. The van der Waals surface area contributed by atoms with Crippen molar-refractivity contribution in [3.63, 3.8) is 0 Å². The van der Waals surface area contributed by atoms with Crippen molar-refractivity contribution < 1.29 is 9.59 Å². The molecule has 0 bridgehead atoms. The van der Waals surface area contributed by atoms with E-state index in [1.54, 1.807) is 62.6 Å². The van der Waals surface area contributed by atoms with Crippen LogP contribution in [0.4, 0.5) is 0 Å². The molecule has 0 aliphatic rings. The van der Waals surface area contributed by atoms with Crippen LogP contribution in [0.5, 0.6) is 0 Å². The van der Waals surface area contributed by atoms with Gasteiger partial charge in [0.1, 0.15) is 0 Å². The molecule has 0 saturated heterocycles. The Kier molecular flexibility index (Phi) is 4.79. The van der Waals surface area contributed by atoms with Gasteiger partial charge in [-0.3, -0.25) is 14.4 Å². The van der Waals surface area contributed by atoms with E-state index in [1.165, 1.54) is 4.90 Å². The van der Waals surface area contributed by atoms with E-state index in [4.69, 9.17) is 0 Å². The van der Waals surface area contributed by atoms with Crippen molar-refractivity contribution in [2.24, 2.45) is 0 Å². The Morgan fingerprint density at radius 3 is 2.35 bits per heavy atom. The van der Waals surface area contributed by atoms with Crippen LogP contribution < -0.4 is 10.9 Å². The topological polar surface area (TPSA) is 95.2 Å². The number of hydrogen-bond donors (Lipinski definition) is 2. The van der Waals surface area contributed by atoms with Gasteiger partial charge in [0, 0.05) is 31.6 Å². The van der Waals surface area contributed by atoms with E-state index in [9.17, 15) is 14.4 Å². The summed E-state index contributed by atoms with van der Waals surface area (Å²) in [5.41, 5.74) is 1.26. The fourth-order valence-electron chi connectivity index (χ4n) is 2.58. The minimum atomic E-state index is -0.383. The summed E-state index contributed by atoms with van der Waals surface area (Å²) in [6, 6.07) is 13.8. The molecule has 0 spiro atoms. The molecular weight excluding hydrogens is 332 g/mol. The summed E-state index contributed by atoms with van der Waals surface area (Å²) in [5, 5.41) is 9.92. The fraction of sp³-hybridized carbons (Fsp3) is 0.158. The largest absolute Gasteiger partial charge is 0.347 e. The second kappa shape index (κ2) is 7.18. The average Bonchev–Trinajstić information content (AvgIpc) is 2.66. The van der Waals surface area contributed by atoms with Gasteiger partial charge in [0.2, 0.25) is 0 Å². The number of aromatic amines is 1. The first kappa shape index (κ1) is 17.3. The van der Waals surface area contributed by atoms with Crippen molar-refractivity contribution in [2.45, 2.75) is 6.54 Å². The van der Waals surface area contributed by atoms with Gasteiger partial charge in [-0.25, -0.2) is 5.10 Å². The van der Waals surface area contributed by atoms with Crippen molar-refractivity contribution in [1.82, 2.24) is 20.4 Å². The monoisotopic (exact) mass is 350 g/mol. The summed E-state index contributed by atoms with van der Waals surface area (Å²) < 4.78 is 0. The second-order valence-corrected chi connectivity index (χ2v) is 6.03. The van der Waals surface area contributed by atoms with Crippen LogP contribution in [0, 0.1) is 0 Å². The van der Waals surface area contributed by atoms with Gasteiger partial charge in [-0.2, -0.15) is 5.10 Å². The maximum atomic E-state index is 12.5. The minimum Gasteiger partial charge on any atom is -0.347 e. The second-order valence-electron chi connectivity index (χ2n) is 6.03. The highest BCUT2D eigenvalue weighted by Crippen LogP contribution is 2.12. The molecule has 0 fully saturated rings. The Morgan fingerprint density at radius 2 is 1.69 bits per heavy atom. The maximum Gasteiger partial charge on any atom is 0.272 e. The van der Waals surface area contributed by atoms with Crippen LogP contribution in [-0.4, -0.2) is 41.0 Å². The summed E-state index contributed by atoms with van der Waals surface area (Å²) >= 11 is 0. The number of amides is 2. The Labute approximate surface area is 149 Å². The summed E-state index contributed by atoms with van der Waals surface area (Å²) in [4.78, 5) is 37.6. The van der Waals surface area contributed by atoms with Gasteiger partial charge < -0.3 is 10.2 Å². The first-order valence-electron chi connectivity index (χ1n) is 8.03. The molecule has 1 aromatic heterocycles. The molecule has 0 aliphatic carbocycles. The number of nitrogens with zero attached hydrogens (tertiary/aromatic N) is 2. The predicted molar refractivity (Wildman–Crippen MR) is 98.0 cm³/mol. The standard InChI is InChI=1S/C19H18N4O3/c1-23(2)19(26)13-9-7-12(8-10-13)11-20-18(25)16-14-5-3-4-6-15(14)17(24)22-21-16/h3-10H,11H2,1-2H3,(H,20,25)(H,22,24). The summed E-state index contributed by atoms with van der Waals surface area (Å²) in [6.45, 7) is 0.282. The molecule has 0 saturated carbocycles. The van der Waals surface area contributed by atoms with Crippen molar-refractivity contribution in [3.05, 3.63) is 75.7 Å². The third-order valence-corrected chi connectivity index (χ3v) is 3.97. The highest BCUT2D eigenvalue weighted by molar-refractivity contribution is 6.04. The third kappa shape index (κ3) is 3.46. The molecule has 2 N–H and O–H groups in total. The van der Waals surface area contributed by atoms with Crippen molar-refractivity contribution in [1.29, 1.82) is 0 Å². The van der Waals surface area contributed by atoms with E-state index >= 15 is 0 Å². The van der Waals surface area contributed by atoms with Crippen LogP contribution in [0.1, 0.15) is 26.4 Å². The molecule has 0 radical (unpaired) electrons. The number of rotatable bonds is 4. The molecule has 2 amide bonds. The van der Waals surface area contributed by atoms with Gasteiger partial charge in [0.05, 0.1) is 5.39 Å². The molecule has 3 rings (SSSR count). The Hall–Kier alpha value is -3.48. The van der Waals surface area contributed by atoms with E-state index < -0.39 is 0 Å². The van der Waals surface area contributed by atoms with E-state index in [0.717, 1.165) is 5.56 Å². The number of benzene rings is 2. The lowest BCUT2D eigenvalue weighted by Gasteiger charge is -2.11. The zero-order valence-corrected chi connectivity index (χ0v) is 14.4. The van der Waals surface area contributed by atoms with Gasteiger partial charge in [0.15, 0.2) is 5.69 Å². The Bertz CT molecular complexity index is 1020. The van der Waals surface area contributed by atoms with Gasteiger partial charge >= 0.3 is 0 Å². The Balaban J connectivity index is 1.75. The van der Waals surface area contributed by atoms with Crippen LogP contribution in [-0.2, 0) is 6.54 Å². The van der Waals surface area contributed by atoms with E-state index in [0.29, 0.717) is 16.3 Å². The number of hydrogen-bond acceptors (Lipinski definition) is 4. The Morgan fingerprint density at radius 1 is 1.04 bits per heavy atom. The molecule has 2 aromatic carbocycles. The molecule has 0 aliphatic heterocycles. The highest BCUT2D eigenvalue weighted by Gasteiger charge is 2.14. The minimum absolute atomic E-state index is 0.0792. The maximum absolute atomic E-state index is 12.5. The van der Waals surface area contributed by atoms with E-state index in [1.807, 2.05) is 0 Å². The number of carbonyl (C=O) groups is 2. The molecule has 3 aromatic rings. The summed E-state index contributed by atoms with van der Waals surface area (Å²) in [5.74, 6) is -0.463. The lowest BCUT2D eigenvalue weighted by molar-refractivity contribution is 0.0827. The van der Waals surface area contributed by atoms with Gasteiger partial charge in [-0.1, -0.05) is 30.3 Å². The number of H-pyrrole nitrogens is 1.